The molecule has 1 aliphatic rings. The van der Waals surface area contributed by atoms with Crippen molar-refractivity contribution < 1.29 is 5.11 Å². The van der Waals surface area contributed by atoms with Gasteiger partial charge in [0.15, 0.2) is 0 Å². The summed E-state index contributed by atoms with van der Waals surface area (Å²) in [4.78, 5) is 2.51. The Morgan fingerprint density at radius 3 is 2.13 bits per heavy atom. The normalized spacial score (nSPS) is 19.6. The largest absolute Gasteiger partial charge is 0.396 e. The van der Waals surface area contributed by atoms with E-state index < -0.39 is 0 Å². The summed E-state index contributed by atoms with van der Waals surface area (Å²) in [6.07, 6.45) is 2.17. The van der Waals surface area contributed by atoms with Gasteiger partial charge in [-0.1, -0.05) is 27.7 Å². The van der Waals surface area contributed by atoms with Gasteiger partial charge < -0.3 is 10.0 Å². The van der Waals surface area contributed by atoms with E-state index in [9.17, 15) is 5.11 Å². The average molecular weight is 213 g/mol. The van der Waals surface area contributed by atoms with Crippen LogP contribution in [-0.4, -0.2) is 36.2 Å². The van der Waals surface area contributed by atoms with E-state index >= 15 is 0 Å². The zero-order chi connectivity index (χ0) is 11.5. The summed E-state index contributed by atoms with van der Waals surface area (Å²) in [6, 6.07) is 0. The average Bonchev–Trinajstić information content (AvgIpc) is 2.17. The number of aliphatic hydroxyl groups is 1. The molecule has 15 heavy (non-hydrogen) atoms. The highest BCUT2D eigenvalue weighted by Crippen LogP contribution is 2.31. The molecule has 0 amide bonds. The van der Waals surface area contributed by atoms with Gasteiger partial charge in [0.05, 0.1) is 0 Å². The van der Waals surface area contributed by atoms with E-state index in [-0.39, 0.29) is 5.41 Å². The molecule has 0 aromatic rings. The Labute approximate surface area is 94.7 Å². The molecule has 1 fully saturated rings. The van der Waals surface area contributed by atoms with Gasteiger partial charge in [-0.3, -0.25) is 0 Å². The summed E-state index contributed by atoms with van der Waals surface area (Å²) >= 11 is 0. The van der Waals surface area contributed by atoms with E-state index in [2.05, 4.69) is 32.6 Å². The van der Waals surface area contributed by atoms with Gasteiger partial charge in [-0.25, -0.2) is 0 Å². The Balaban J connectivity index is 2.36. The fraction of sp³-hybridized carbons (Fsp3) is 1.00. The Morgan fingerprint density at radius 2 is 1.80 bits per heavy atom. The van der Waals surface area contributed by atoms with Gasteiger partial charge in [0.25, 0.3) is 0 Å². The topological polar surface area (TPSA) is 23.5 Å². The predicted molar refractivity (Wildman–Crippen MR) is 64.9 cm³/mol. The second-order valence-electron chi connectivity index (χ2n) is 5.56. The standard InChI is InChI=1S/C13H27NO/c1-5-13(6-2,10-15)9-14-7-12(8-14)11(3)4/h11-12,15H,5-10H2,1-4H3. The molecule has 1 N–H and O–H groups in total. The molecule has 0 bridgehead atoms. The summed E-state index contributed by atoms with van der Waals surface area (Å²) in [6.45, 7) is 12.9. The summed E-state index contributed by atoms with van der Waals surface area (Å²) in [5.74, 6) is 1.70. The highest BCUT2D eigenvalue weighted by Gasteiger charge is 2.35. The van der Waals surface area contributed by atoms with Crippen LogP contribution in [0, 0.1) is 17.3 Å². The van der Waals surface area contributed by atoms with Crippen molar-refractivity contribution in [3.63, 3.8) is 0 Å². The Morgan fingerprint density at radius 1 is 1.27 bits per heavy atom. The first-order valence-corrected chi connectivity index (χ1v) is 6.40. The van der Waals surface area contributed by atoms with Crippen molar-refractivity contribution in [3.8, 4) is 0 Å². The van der Waals surface area contributed by atoms with E-state index in [0.29, 0.717) is 6.61 Å². The molecule has 0 aliphatic carbocycles. The quantitative estimate of drug-likeness (QED) is 0.732. The van der Waals surface area contributed by atoms with E-state index in [1.165, 1.54) is 13.1 Å². The third-order valence-electron chi connectivity index (χ3n) is 4.32. The van der Waals surface area contributed by atoms with Crippen LogP contribution < -0.4 is 0 Å². The molecular formula is C13H27NO. The Kier molecular flexibility index (Phi) is 4.60. The van der Waals surface area contributed by atoms with Crippen LogP contribution in [-0.2, 0) is 0 Å². The monoisotopic (exact) mass is 213 g/mol. The number of likely N-dealkylation sites (tertiary alicyclic amines) is 1. The van der Waals surface area contributed by atoms with Gasteiger partial charge in [0, 0.05) is 31.7 Å². The van der Waals surface area contributed by atoms with Crippen molar-refractivity contribution in [1.29, 1.82) is 0 Å². The molecular weight excluding hydrogens is 186 g/mol. The fourth-order valence-corrected chi connectivity index (χ4v) is 2.38. The first-order chi connectivity index (χ1) is 7.06. The van der Waals surface area contributed by atoms with Gasteiger partial charge in [0.2, 0.25) is 0 Å². The number of nitrogens with zero attached hydrogens (tertiary/aromatic N) is 1. The van der Waals surface area contributed by atoms with Gasteiger partial charge in [-0.2, -0.15) is 0 Å². The molecule has 0 unspecified atom stereocenters. The van der Waals surface area contributed by atoms with Crippen molar-refractivity contribution in [2.45, 2.75) is 40.5 Å². The van der Waals surface area contributed by atoms with Gasteiger partial charge >= 0.3 is 0 Å². The van der Waals surface area contributed by atoms with Crippen molar-refractivity contribution in [2.75, 3.05) is 26.2 Å². The molecule has 1 rings (SSSR count). The third kappa shape index (κ3) is 2.94. The molecule has 1 saturated heterocycles. The lowest BCUT2D eigenvalue weighted by Crippen LogP contribution is -2.53. The van der Waals surface area contributed by atoms with Crippen LogP contribution in [0.5, 0.6) is 0 Å². The Bertz CT molecular complexity index is 173. The van der Waals surface area contributed by atoms with E-state index in [1.807, 2.05) is 0 Å². The SMILES string of the molecule is CCC(CC)(CO)CN1CC(C(C)C)C1. The number of rotatable bonds is 6. The van der Waals surface area contributed by atoms with Crippen molar-refractivity contribution >= 4 is 0 Å². The molecule has 1 heterocycles. The molecule has 0 spiro atoms. The minimum Gasteiger partial charge on any atom is -0.396 e. The zero-order valence-corrected chi connectivity index (χ0v) is 10.8. The summed E-state index contributed by atoms with van der Waals surface area (Å²) in [5, 5.41) is 9.49. The molecule has 0 saturated carbocycles. The zero-order valence-electron chi connectivity index (χ0n) is 10.8. The summed E-state index contributed by atoms with van der Waals surface area (Å²) in [7, 11) is 0. The third-order valence-corrected chi connectivity index (χ3v) is 4.32. The summed E-state index contributed by atoms with van der Waals surface area (Å²) < 4.78 is 0. The van der Waals surface area contributed by atoms with Crippen molar-refractivity contribution in [3.05, 3.63) is 0 Å². The molecule has 2 heteroatoms. The Hall–Kier alpha value is -0.0800. The number of aliphatic hydroxyl groups excluding tert-OH is 1. The highest BCUT2D eigenvalue weighted by atomic mass is 16.3. The lowest BCUT2D eigenvalue weighted by atomic mass is 9.80. The van der Waals surface area contributed by atoms with Gasteiger partial charge in [-0.15, -0.1) is 0 Å². The van der Waals surface area contributed by atoms with Crippen LogP contribution >= 0.6 is 0 Å². The molecule has 0 radical (unpaired) electrons. The minimum absolute atomic E-state index is 0.155. The molecule has 90 valence electrons. The van der Waals surface area contributed by atoms with Gasteiger partial charge in [0.1, 0.15) is 0 Å². The highest BCUT2D eigenvalue weighted by molar-refractivity contribution is 4.88. The maximum Gasteiger partial charge on any atom is 0.0499 e. The van der Waals surface area contributed by atoms with Gasteiger partial charge in [-0.05, 0) is 24.7 Å². The molecule has 0 atom stereocenters. The van der Waals surface area contributed by atoms with Crippen LogP contribution in [0.3, 0.4) is 0 Å². The van der Waals surface area contributed by atoms with Crippen molar-refractivity contribution in [2.24, 2.45) is 17.3 Å². The van der Waals surface area contributed by atoms with Crippen LogP contribution in [0.1, 0.15) is 40.5 Å². The predicted octanol–water partition coefficient (Wildman–Crippen LogP) is 2.37. The number of hydrogen-bond acceptors (Lipinski definition) is 2. The number of hydrogen-bond donors (Lipinski definition) is 1. The van der Waals surface area contributed by atoms with E-state index in [1.54, 1.807) is 0 Å². The lowest BCUT2D eigenvalue weighted by molar-refractivity contribution is -0.00201. The molecule has 0 aromatic carbocycles. The maximum atomic E-state index is 9.49. The lowest BCUT2D eigenvalue weighted by Gasteiger charge is -2.46. The van der Waals surface area contributed by atoms with E-state index in [4.69, 9.17) is 0 Å². The van der Waals surface area contributed by atoms with Crippen molar-refractivity contribution in [1.82, 2.24) is 4.90 Å². The molecule has 2 nitrogen and oxygen atoms in total. The first kappa shape index (κ1) is 13.0. The second-order valence-corrected chi connectivity index (χ2v) is 5.56. The second kappa shape index (κ2) is 5.31. The molecule has 0 aromatic heterocycles. The molecule has 1 aliphatic heterocycles. The summed E-state index contributed by atoms with van der Waals surface area (Å²) in [5.41, 5.74) is 0.155. The van der Waals surface area contributed by atoms with E-state index in [0.717, 1.165) is 31.2 Å². The van der Waals surface area contributed by atoms with Crippen LogP contribution in [0.4, 0.5) is 0 Å². The maximum absolute atomic E-state index is 9.49. The van der Waals surface area contributed by atoms with Crippen LogP contribution in [0.15, 0.2) is 0 Å². The first-order valence-electron chi connectivity index (χ1n) is 6.40. The van der Waals surface area contributed by atoms with Crippen LogP contribution in [0.25, 0.3) is 0 Å². The smallest absolute Gasteiger partial charge is 0.0499 e. The minimum atomic E-state index is 0.155. The fourth-order valence-electron chi connectivity index (χ4n) is 2.38. The van der Waals surface area contributed by atoms with Crippen LogP contribution in [0.2, 0.25) is 0 Å².